The van der Waals surface area contributed by atoms with E-state index in [9.17, 15) is 4.79 Å². The van der Waals surface area contributed by atoms with Crippen molar-refractivity contribution in [1.29, 1.82) is 0 Å². The van der Waals surface area contributed by atoms with Gasteiger partial charge in [-0.2, -0.15) is 10.2 Å². The third-order valence-electron chi connectivity index (χ3n) is 5.04. The fourth-order valence-electron chi connectivity index (χ4n) is 3.47. The molecule has 4 heterocycles. The lowest BCUT2D eigenvalue weighted by Gasteiger charge is -2.07. The van der Waals surface area contributed by atoms with Crippen LogP contribution in [0.3, 0.4) is 0 Å². The molecule has 0 aliphatic heterocycles. The Balaban J connectivity index is 1.29. The summed E-state index contributed by atoms with van der Waals surface area (Å²) in [6, 6.07) is 11.2. The van der Waals surface area contributed by atoms with Crippen LogP contribution < -0.4 is 5.32 Å². The van der Waals surface area contributed by atoms with Crippen LogP contribution in [-0.4, -0.2) is 31.1 Å². The second-order valence-electron chi connectivity index (χ2n) is 7.35. The van der Waals surface area contributed by atoms with Crippen molar-refractivity contribution in [2.24, 2.45) is 0 Å². The van der Waals surface area contributed by atoms with Gasteiger partial charge in [-0.05, 0) is 47.5 Å². The number of rotatable bonds is 5. The number of nitrogens with zero attached hydrogens (tertiary/aromatic N) is 4. The lowest BCUT2D eigenvalue weighted by atomic mass is 10.1. The topological polar surface area (TPSA) is 96.5 Å². The first-order chi connectivity index (χ1) is 15.5. The number of amides is 1. The van der Waals surface area contributed by atoms with Crippen LogP contribution in [0.25, 0.3) is 21.9 Å². The van der Waals surface area contributed by atoms with Crippen LogP contribution in [0.15, 0.2) is 61.2 Å². The van der Waals surface area contributed by atoms with Gasteiger partial charge in [0.2, 0.25) is 0 Å². The van der Waals surface area contributed by atoms with E-state index < -0.39 is 0 Å². The average molecular weight is 463 g/mol. The van der Waals surface area contributed by atoms with E-state index in [1.807, 2.05) is 30.3 Å². The Morgan fingerprint density at radius 1 is 1.00 bits per heavy atom. The van der Waals surface area contributed by atoms with E-state index in [4.69, 9.17) is 23.2 Å². The van der Waals surface area contributed by atoms with Gasteiger partial charge < -0.3 is 10.3 Å². The zero-order valence-corrected chi connectivity index (χ0v) is 18.2. The number of carbonyl (C=O) groups excluding carboxylic acids is 1. The summed E-state index contributed by atoms with van der Waals surface area (Å²) in [6.45, 7) is 0.316. The molecule has 32 heavy (non-hydrogen) atoms. The van der Waals surface area contributed by atoms with Crippen LogP contribution >= 0.6 is 23.2 Å². The van der Waals surface area contributed by atoms with Gasteiger partial charge in [-0.15, -0.1) is 0 Å². The smallest absolute Gasteiger partial charge is 0.253 e. The minimum absolute atomic E-state index is 0.246. The van der Waals surface area contributed by atoms with Crippen LogP contribution in [0.1, 0.15) is 27.2 Å². The molecule has 0 saturated carbocycles. The number of nitrogens with one attached hydrogen (secondary N) is 2. The maximum atomic E-state index is 12.7. The number of carbonyl (C=O) groups is 1. The molecule has 1 amide bonds. The maximum absolute atomic E-state index is 12.7. The summed E-state index contributed by atoms with van der Waals surface area (Å²) in [5, 5.41) is 14.1. The molecule has 0 atom stereocenters. The third-order valence-corrected chi connectivity index (χ3v) is 5.59. The molecule has 9 heteroatoms. The molecule has 0 aliphatic rings. The highest BCUT2D eigenvalue weighted by Crippen LogP contribution is 2.22. The van der Waals surface area contributed by atoms with Gasteiger partial charge in [-0.1, -0.05) is 23.2 Å². The molecule has 1 aromatic carbocycles. The Kier molecular flexibility index (Phi) is 5.43. The fraction of sp³-hybridized carbons (Fsp3) is 0.0870. The molecule has 7 nitrogen and oxygen atoms in total. The Labute approximate surface area is 192 Å². The van der Waals surface area contributed by atoms with Crippen molar-refractivity contribution in [1.82, 2.24) is 30.5 Å². The summed E-state index contributed by atoms with van der Waals surface area (Å²) >= 11 is 12.2. The molecule has 158 valence electrons. The number of hydrogen-bond acceptors (Lipinski definition) is 5. The summed E-state index contributed by atoms with van der Waals surface area (Å²) in [7, 11) is 0. The van der Waals surface area contributed by atoms with Gasteiger partial charge in [0.05, 0.1) is 28.0 Å². The number of aromatic amines is 1. The summed E-state index contributed by atoms with van der Waals surface area (Å²) in [4.78, 5) is 24.4. The zero-order valence-electron chi connectivity index (χ0n) is 16.6. The SMILES string of the molecule is O=C(NCc1cnc2[nH]cc(Cl)c2c1)c1cnnc(Cc2cnc3ccc(Cl)cc3c2)c1. The Morgan fingerprint density at radius 3 is 2.78 bits per heavy atom. The monoisotopic (exact) mass is 462 g/mol. The molecule has 2 N–H and O–H groups in total. The molecule has 0 unspecified atom stereocenters. The summed E-state index contributed by atoms with van der Waals surface area (Å²) < 4.78 is 0. The number of hydrogen-bond donors (Lipinski definition) is 2. The molecule has 4 aromatic heterocycles. The molecule has 0 saturated heterocycles. The minimum Gasteiger partial charge on any atom is -0.348 e. The van der Waals surface area contributed by atoms with E-state index >= 15 is 0 Å². The zero-order chi connectivity index (χ0) is 22.1. The first kappa shape index (κ1) is 20.4. The van der Waals surface area contributed by atoms with E-state index in [-0.39, 0.29) is 5.91 Å². The molecule has 0 aliphatic carbocycles. The molecule has 0 bridgehead atoms. The molecule has 0 radical (unpaired) electrons. The van der Waals surface area contributed by atoms with Crippen LogP contribution in [0.5, 0.6) is 0 Å². The van der Waals surface area contributed by atoms with Gasteiger partial charge in [0.15, 0.2) is 0 Å². The highest BCUT2D eigenvalue weighted by molar-refractivity contribution is 6.35. The molecule has 5 rings (SSSR count). The highest BCUT2D eigenvalue weighted by atomic mass is 35.5. The van der Waals surface area contributed by atoms with Gasteiger partial charge in [-0.3, -0.25) is 9.78 Å². The number of halogens is 2. The largest absolute Gasteiger partial charge is 0.348 e. The van der Waals surface area contributed by atoms with Crippen molar-refractivity contribution < 1.29 is 4.79 Å². The molecule has 0 fully saturated rings. The summed E-state index contributed by atoms with van der Waals surface area (Å²) in [5.74, 6) is -0.246. The second-order valence-corrected chi connectivity index (χ2v) is 8.20. The van der Waals surface area contributed by atoms with Gasteiger partial charge in [0.25, 0.3) is 5.91 Å². The molecular formula is C23H16Cl2N6O. The van der Waals surface area contributed by atoms with E-state index in [0.29, 0.717) is 39.9 Å². The first-order valence-electron chi connectivity index (χ1n) is 9.81. The third kappa shape index (κ3) is 4.26. The Morgan fingerprint density at radius 2 is 1.88 bits per heavy atom. The Hall–Kier alpha value is -3.55. The van der Waals surface area contributed by atoms with Crippen molar-refractivity contribution in [2.75, 3.05) is 0 Å². The van der Waals surface area contributed by atoms with Crippen LogP contribution in [0.2, 0.25) is 10.0 Å². The number of pyridine rings is 2. The maximum Gasteiger partial charge on any atom is 0.253 e. The van der Waals surface area contributed by atoms with Crippen LogP contribution in [0, 0.1) is 0 Å². The van der Waals surface area contributed by atoms with Crippen molar-refractivity contribution >= 4 is 51.0 Å². The average Bonchev–Trinajstić information content (AvgIpc) is 3.17. The van der Waals surface area contributed by atoms with E-state index in [2.05, 4.69) is 30.5 Å². The van der Waals surface area contributed by atoms with Gasteiger partial charge in [0.1, 0.15) is 5.65 Å². The second kappa shape index (κ2) is 8.53. The highest BCUT2D eigenvalue weighted by Gasteiger charge is 2.10. The predicted molar refractivity (Wildman–Crippen MR) is 124 cm³/mol. The summed E-state index contributed by atoms with van der Waals surface area (Å²) in [5.41, 5.74) is 4.47. The van der Waals surface area contributed by atoms with Crippen molar-refractivity contribution in [2.45, 2.75) is 13.0 Å². The van der Waals surface area contributed by atoms with Gasteiger partial charge >= 0.3 is 0 Å². The van der Waals surface area contributed by atoms with Crippen LogP contribution in [0.4, 0.5) is 0 Å². The normalized spacial score (nSPS) is 11.2. The first-order valence-corrected chi connectivity index (χ1v) is 10.6. The molecular weight excluding hydrogens is 447 g/mol. The van der Waals surface area contributed by atoms with Crippen molar-refractivity contribution in [3.05, 3.63) is 93.6 Å². The van der Waals surface area contributed by atoms with E-state index in [1.54, 1.807) is 24.7 Å². The minimum atomic E-state index is -0.246. The standard InChI is InChI=1S/C23H16Cl2N6O/c24-17-1-2-21-15(6-17)3-13(8-26-21)4-18-7-16(11-30-31-18)23(32)29-10-14-5-19-20(25)12-28-22(19)27-9-14/h1-3,5-9,11-12H,4,10H2,(H,27,28)(H,29,32). The van der Waals surface area contributed by atoms with Gasteiger partial charge in [0, 0.05) is 47.4 Å². The fourth-order valence-corrected chi connectivity index (χ4v) is 3.85. The Bertz CT molecular complexity index is 1470. The lowest BCUT2D eigenvalue weighted by Crippen LogP contribution is -2.23. The molecule has 0 spiro atoms. The van der Waals surface area contributed by atoms with E-state index in [1.165, 1.54) is 6.20 Å². The lowest BCUT2D eigenvalue weighted by molar-refractivity contribution is 0.0950. The molecule has 5 aromatic rings. The van der Waals surface area contributed by atoms with Crippen LogP contribution in [-0.2, 0) is 13.0 Å². The summed E-state index contributed by atoms with van der Waals surface area (Å²) in [6.07, 6.45) is 7.12. The quantitative estimate of drug-likeness (QED) is 0.393. The van der Waals surface area contributed by atoms with Crippen molar-refractivity contribution in [3.8, 4) is 0 Å². The van der Waals surface area contributed by atoms with E-state index in [0.717, 1.165) is 27.4 Å². The predicted octanol–water partition coefficient (Wildman–Crippen LogP) is 4.73. The van der Waals surface area contributed by atoms with Gasteiger partial charge in [-0.25, -0.2) is 4.98 Å². The number of fused-ring (bicyclic) bond motifs is 2. The van der Waals surface area contributed by atoms with Crippen molar-refractivity contribution in [3.63, 3.8) is 0 Å². The number of aromatic nitrogens is 5. The number of H-pyrrole nitrogens is 1. The number of benzene rings is 1.